The van der Waals surface area contributed by atoms with Gasteiger partial charge in [-0.15, -0.1) is 0 Å². The molecule has 0 aliphatic carbocycles. The summed E-state index contributed by atoms with van der Waals surface area (Å²) in [5.74, 6) is 0. The van der Waals surface area contributed by atoms with Crippen LogP contribution in [0.3, 0.4) is 0 Å². The first-order valence-electron chi connectivity index (χ1n) is 6.61. The predicted molar refractivity (Wildman–Crippen MR) is 74.8 cm³/mol. The molecule has 2 unspecified atom stereocenters. The molecule has 1 heterocycles. The van der Waals surface area contributed by atoms with E-state index in [0.717, 1.165) is 43.1 Å². The van der Waals surface area contributed by atoms with Gasteiger partial charge in [-0.2, -0.15) is 0 Å². The second kappa shape index (κ2) is 7.04. The van der Waals surface area contributed by atoms with Crippen LogP contribution in [0.15, 0.2) is 24.3 Å². The first kappa shape index (κ1) is 13.7. The number of ether oxygens (including phenoxy) is 2. The van der Waals surface area contributed by atoms with Crippen molar-refractivity contribution in [2.75, 3.05) is 19.8 Å². The molecule has 0 amide bonds. The van der Waals surface area contributed by atoms with Crippen molar-refractivity contribution >= 4 is 10.5 Å². The molecule has 0 bridgehead atoms. The number of rotatable bonds is 8. The summed E-state index contributed by atoms with van der Waals surface area (Å²) < 4.78 is 16.2. The Morgan fingerprint density at radius 2 is 2.22 bits per heavy atom. The molecule has 0 radical (unpaired) electrons. The first-order chi connectivity index (χ1) is 8.81. The van der Waals surface area contributed by atoms with Gasteiger partial charge in [0.05, 0.1) is 19.3 Å². The van der Waals surface area contributed by atoms with Gasteiger partial charge in [0.1, 0.15) is 16.6 Å². The van der Waals surface area contributed by atoms with E-state index in [9.17, 15) is 0 Å². The largest absolute Gasteiger partial charge is 0.421 e. The third-order valence-corrected chi connectivity index (χ3v) is 3.99. The smallest absolute Gasteiger partial charge is 0.146 e. The molecule has 1 saturated heterocycles. The molecular weight excluding hydrogens is 244 g/mol. The fourth-order valence-electron chi connectivity index (χ4n) is 2.03. The SMILES string of the molecule is CC(O[SiH3])c1ccccc1CCCOCC1CO1. The zero-order valence-corrected chi connectivity index (χ0v) is 13.2. The van der Waals surface area contributed by atoms with Gasteiger partial charge in [0.2, 0.25) is 0 Å². The van der Waals surface area contributed by atoms with E-state index in [1.165, 1.54) is 11.1 Å². The minimum atomic E-state index is 0.216. The van der Waals surface area contributed by atoms with Crippen LogP contribution in [0, 0.1) is 0 Å². The van der Waals surface area contributed by atoms with Crippen LogP contribution in [-0.2, 0) is 20.3 Å². The van der Waals surface area contributed by atoms with E-state index in [-0.39, 0.29) is 6.10 Å². The van der Waals surface area contributed by atoms with Crippen LogP contribution in [0.25, 0.3) is 0 Å². The van der Waals surface area contributed by atoms with Gasteiger partial charge in [0.15, 0.2) is 0 Å². The maximum atomic E-state index is 5.56. The van der Waals surface area contributed by atoms with Crippen LogP contribution in [0.2, 0.25) is 0 Å². The van der Waals surface area contributed by atoms with Crippen molar-refractivity contribution < 1.29 is 13.9 Å². The van der Waals surface area contributed by atoms with E-state index < -0.39 is 0 Å². The Labute approximate surface area is 112 Å². The average Bonchev–Trinajstić information content (AvgIpc) is 3.22. The van der Waals surface area contributed by atoms with E-state index >= 15 is 0 Å². The third kappa shape index (κ3) is 4.21. The molecule has 0 saturated carbocycles. The van der Waals surface area contributed by atoms with Crippen LogP contribution in [0.4, 0.5) is 0 Å². The van der Waals surface area contributed by atoms with Gasteiger partial charge in [-0.25, -0.2) is 0 Å². The molecular formula is C14H22O3Si. The van der Waals surface area contributed by atoms with Gasteiger partial charge in [-0.3, -0.25) is 0 Å². The number of hydrogen-bond donors (Lipinski definition) is 0. The Morgan fingerprint density at radius 1 is 1.44 bits per heavy atom. The summed E-state index contributed by atoms with van der Waals surface area (Å²) in [5.41, 5.74) is 2.70. The second-order valence-electron chi connectivity index (χ2n) is 4.71. The van der Waals surface area contributed by atoms with Crippen LogP contribution in [0.1, 0.15) is 30.6 Å². The highest BCUT2D eigenvalue weighted by atomic mass is 28.2. The highest BCUT2D eigenvalue weighted by Crippen LogP contribution is 2.21. The summed E-state index contributed by atoms with van der Waals surface area (Å²) in [4.78, 5) is 0. The fourth-order valence-corrected chi connectivity index (χ4v) is 2.28. The maximum absolute atomic E-state index is 5.56. The number of benzene rings is 1. The fraction of sp³-hybridized carbons (Fsp3) is 0.571. The predicted octanol–water partition coefficient (Wildman–Crippen LogP) is 1.39. The van der Waals surface area contributed by atoms with Crippen molar-refractivity contribution in [3.63, 3.8) is 0 Å². The highest BCUT2D eigenvalue weighted by Gasteiger charge is 2.21. The van der Waals surface area contributed by atoms with Gasteiger partial charge in [-0.1, -0.05) is 24.3 Å². The minimum Gasteiger partial charge on any atom is -0.421 e. The zero-order chi connectivity index (χ0) is 12.8. The van der Waals surface area contributed by atoms with E-state index in [0.29, 0.717) is 6.10 Å². The Balaban J connectivity index is 1.76. The summed E-state index contributed by atoms with van der Waals surface area (Å²) in [6.07, 6.45) is 2.69. The lowest BCUT2D eigenvalue weighted by Crippen LogP contribution is -2.06. The second-order valence-corrected chi connectivity index (χ2v) is 5.18. The van der Waals surface area contributed by atoms with E-state index in [1.807, 2.05) is 0 Å². The van der Waals surface area contributed by atoms with E-state index in [2.05, 4.69) is 31.2 Å². The molecule has 0 spiro atoms. The third-order valence-electron chi connectivity index (χ3n) is 3.29. The van der Waals surface area contributed by atoms with Crippen molar-refractivity contribution in [3.8, 4) is 0 Å². The molecule has 2 rings (SSSR count). The highest BCUT2D eigenvalue weighted by molar-refractivity contribution is 5.98. The molecule has 18 heavy (non-hydrogen) atoms. The van der Waals surface area contributed by atoms with Crippen LogP contribution in [-0.4, -0.2) is 36.4 Å². The standard InChI is InChI=1S/C14H22O3Si/c1-11(17-18)14-7-3-2-5-12(14)6-4-8-15-9-13-10-16-13/h2-3,5,7,11,13H,4,6,8-10H2,1,18H3. The van der Waals surface area contributed by atoms with Gasteiger partial charge in [0.25, 0.3) is 0 Å². The zero-order valence-electron chi connectivity index (χ0n) is 11.2. The molecule has 1 aromatic rings. The summed E-state index contributed by atoms with van der Waals surface area (Å²) in [7, 11) is 0.778. The lowest BCUT2D eigenvalue weighted by molar-refractivity contribution is 0.114. The van der Waals surface area contributed by atoms with Gasteiger partial charge < -0.3 is 13.9 Å². The van der Waals surface area contributed by atoms with Gasteiger partial charge >= 0.3 is 0 Å². The minimum absolute atomic E-state index is 0.216. The molecule has 100 valence electrons. The molecule has 1 fully saturated rings. The summed E-state index contributed by atoms with van der Waals surface area (Å²) in [6, 6.07) is 8.53. The molecule has 4 heteroatoms. The van der Waals surface area contributed by atoms with Gasteiger partial charge in [0, 0.05) is 6.61 Å². The van der Waals surface area contributed by atoms with Crippen molar-refractivity contribution in [2.45, 2.75) is 32.0 Å². The summed E-state index contributed by atoms with van der Waals surface area (Å²) in [6.45, 7) is 4.55. The molecule has 1 aliphatic heterocycles. The van der Waals surface area contributed by atoms with E-state index in [1.54, 1.807) is 0 Å². The average molecular weight is 266 g/mol. The maximum Gasteiger partial charge on any atom is 0.146 e. The monoisotopic (exact) mass is 266 g/mol. The normalized spacial score (nSPS) is 19.9. The Morgan fingerprint density at radius 3 is 2.94 bits per heavy atom. The molecule has 3 nitrogen and oxygen atoms in total. The van der Waals surface area contributed by atoms with Crippen molar-refractivity contribution in [2.24, 2.45) is 0 Å². The number of aryl methyl sites for hydroxylation is 1. The lowest BCUT2D eigenvalue weighted by Gasteiger charge is -2.15. The summed E-state index contributed by atoms with van der Waals surface area (Å²) >= 11 is 0. The molecule has 0 aromatic heterocycles. The number of hydrogen-bond acceptors (Lipinski definition) is 3. The Hall–Kier alpha value is -0.683. The first-order valence-corrected chi connectivity index (χ1v) is 7.43. The lowest BCUT2D eigenvalue weighted by atomic mass is 10.00. The molecule has 1 aliphatic rings. The van der Waals surface area contributed by atoms with Crippen molar-refractivity contribution in [1.29, 1.82) is 0 Å². The molecule has 2 atom stereocenters. The topological polar surface area (TPSA) is 31.0 Å². The summed E-state index contributed by atoms with van der Waals surface area (Å²) in [5, 5.41) is 0. The molecule has 1 aromatic carbocycles. The van der Waals surface area contributed by atoms with Crippen LogP contribution >= 0.6 is 0 Å². The van der Waals surface area contributed by atoms with Gasteiger partial charge in [-0.05, 0) is 30.9 Å². The Kier molecular flexibility index (Phi) is 5.38. The quantitative estimate of drug-likeness (QED) is 0.405. The molecule has 0 N–H and O–H groups in total. The van der Waals surface area contributed by atoms with Crippen molar-refractivity contribution in [3.05, 3.63) is 35.4 Å². The van der Waals surface area contributed by atoms with Crippen molar-refractivity contribution in [1.82, 2.24) is 0 Å². The van der Waals surface area contributed by atoms with Crippen LogP contribution < -0.4 is 0 Å². The number of epoxide rings is 1. The Bertz CT molecular complexity index is 366. The van der Waals surface area contributed by atoms with E-state index in [4.69, 9.17) is 13.9 Å². The van der Waals surface area contributed by atoms with Crippen LogP contribution in [0.5, 0.6) is 0 Å².